The molecule has 0 aromatic heterocycles. The van der Waals surface area contributed by atoms with Crippen molar-refractivity contribution >= 4 is 11.9 Å². The number of hydrogen-bond donors (Lipinski definition) is 1. The highest BCUT2D eigenvalue weighted by atomic mass is 16.6. The van der Waals surface area contributed by atoms with Crippen LogP contribution in [0.1, 0.15) is 181 Å². The maximum absolute atomic E-state index is 12.1. The molecule has 5 nitrogen and oxygen atoms in total. The molecule has 0 unspecified atom stereocenters. The fraction of sp³-hybridized carbons (Fsp3) is 0.886. The molecule has 5 heteroatoms. The summed E-state index contributed by atoms with van der Waals surface area (Å²) < 4.78 is 10.5. The maximum Gasteiger partial charge on any atom is 0.306 e. The summed E-state index contributed by atoms with van der Waals surface area (Å²) in [7, 11) is 0. The van der Waals surface area contributed by atoms with Crippen molar-refractivity contribution in [2.75, 3.05) is 13.2 Å². The highest BCUT2D eigenvalue weighted by Gasteiger charge is 2.16. The van der Waals surface area contributed by atoms with E-state index in [1.165, 1.54) is 109 Å². The number of allylic oxidation sites excluding steroid dienone is 2. The van der Waals surface area contributed by atoms with Crippen molar-refractivity contribution < 1.29 is 24.2 Å². The smallest absolute Gasteiger partial charge is 0.306 e. The quantitative estimate of drug-likeness (QED) is 0.0513. The molecule has 1 atom stereocenters. The summed E-state index contributed by atoms with van der Waals surface area (Å²) in [5.41, 5.74) is 0. The lowest BCUT2D eigenvalue weighted by molar-refractivity contribution is -0.161. The lowest BCUT2D eigenvalue weighted by Crippen LogP contribution is -2.28. The first-order valence-electron chi connectivity index (χ1n) is 17.2. The van der Waals surface area contributed by atoms with Crippen LogP contribution in [-0.2, 0) is 19.1 Å². The van der Waals surface area contributed by atoms with Gasteiger partial charge in [-0.05, 0) is 32.1 Å². The standard InChI is InChI=1S/C35H66O5/c1-3-5-7-9-11-13-15-16-17-18-20-22-24-26-28-30-35(38)40-33(31-36)32-39-34(37)29-27-25-23-21-19-14-12-10-8-6-4-2/h10,12,33,36H,3-9,11,13-32H2,1-2H3/b12-10+/t33-/m0/s1. The molecular formula is C35H66O5. The van der Waals surface area contributed by atoms with Gasteiger partial charge < -0.3 is 14.6 Å². The van der Waals surface area contributed by atoms with E-state index in [2.05, 4.69) is 26.0 Å². The molecular weight excluding hydrogens is 500 g/mol. The number of hydrogen-bond acceptors (Lipinski definition) is 5. The predicted octanol–water partition coefficient (Wildman–Crippen LogP) is 10.2. The van der Waals surface area contributed by atoms with E-state index in [0.717, 1.165) is 44.9 Å². The number of aliphatic hydroxyl groups excluding tert-OH is 1. The van der Waals surface area contributed by atoms with Gasteiger partial charge >= 0.3 is 11.9 Å². The van der Waals surface area contributed by atoms with Crippen molar-refractivity contribution in [2.45, 2.75) is 187 Å². The lowest BCUT2D eigenvalue weighted by Gasteiger charge is -2.15. The normalized spacial score (nSPS) is 12.2. The van der Waals surface area contributed by atoms with Crippen LogP contribution in [0.3, 0.4) is 0 Å². The Kier molecular flexibility index (Phi) is 31.1. The minimum atomic E-state index is -0.766. The van der Waals surface area contributed by atoms with Crippen molar-refractivity contribution in [1.29, 1.82) is 0 Å². The maximum atomic E-state index is 12.1. The lowest BCUT2D eigenvalue weighted by atomic mass is 10.0. The van der Waals surface area contributed by atoms with Crippen molar-refractivity contribution in [3.8, 4) is 0 Å². The molecule has 0 heterocycles. The van der Waals surface area contributed by atoms with E-state index in [9.17, 15) is 14.7 Å². The second-order valence-corrected chi connectivity index (χ2v) is 11.6. The molecule has 0 aromatic rings. The Bertz CT molecular complexity index is 574. The predicted molar refractivity (Wildman–Crippen MR) is 168 cm³/mol. The van der Waals surface area contributed by atoms with Gasteiger partial charge in [-0.3, -0.25) is 9.59 Å². The van der Waals surface area contributed by atoms with Gasteiger partial charge in [0.1, 0.15) is 6.61 Å². The van der Waals surface area contributed by atoms with Crippen LogP contribution in [0.4, 0.5) is 0 Å². The first-order valence-corrected chi connectivity index (χ1v) is 17.2. The van der Waals surface area contributed by atoms with Gasteiger partial charge in [0.05, 0.1) is 6.61 Å². The highest BCUT2D eigenvalue weighted by molar-refractivity contribution is 5.70. The average molecular weight is 567 g/mol. The SMILES string of the molecule is CCCC/C=C/CCCCCCCC(=O)OC[C@H](CO)OC(=O)CCCCCCCCCCCCCCCCC. The Hall–Kier alpha value is -1.36. The summed E-state index contributed by atoms with van der Waals surface area (Å²) in [5.74, 6) is -0.597. The second kappa shape index (κ2) is 32.2. The minimum absolute atomic E-state index is 0.0652. The van der Waals surface area contributed by atoms with Gasteiger partial charge in [0.25, 0.3) is 0 Å². The molecule has 0 radical (unpaired) electrons. The Morgan fingerprint density at radius 1 is 0.550 bits per heavy atom. The van der Waals surface area contributed by atoms with Crippen LogP contribution in [0.2, 0.25) is 0 Å². The summed E-state index contributed by atoms with van der Waals surface area (Å²) in [6.45, 7) is 4.09. The third-order valence-corrected chi connectivity index (χ3v) is 7.56. The molecule has 236 valence electrons. The Balaban J connectivity index is 3.55. The van der Waals surface area contributed by atoms with E-state index in [0.29, 0.717) is 12.8 Å². The summed E-state index contributed by atoms with van der Waals surface area (Å²) >= 11 is 0. The van der Waals surface area contributed by atoms with Crippen LogP contribution < -0.4 is 0 Å². The molecule has 0 spiro atoms. The molecule has 0 aromatic carbocycles. The number of carbonyl (C=O) groups excluding carboxylic acids is 2. The van der Waals surface area contributed by atoms with Gasteiger partial charge in [-0.2, -0.15) is 0 Å². The fourth-order valence-electron chi connectivity index (χ4n) is 4.89. The average Bonchev–Trinajstić information content (AvgIpc) is 2.96. The first kappa shape index (κ1) is 38.6. The molecule has 0 fully saturated rings. The van der Waals surface area contributed by atoms with E-state index in [1.54, 1.807) is 0 Å². The zero-order valence-electron chi connectivity index (χ0n) is 26.6. The van der Waals surface area contributed by atoms with Gasteiger partial charge in [-0.15, -0.1) is 0 Å². The summed E-state index contributed by atoms with van der Waals surface area (Å²) in [4.78, 5) is 24.1. The molecule has 0 bridgehead atoms. The number of esters is 2. The summed E-state index contributed by atoms with van der Waals surface area (Å²) in [5, 5.41) is 9.50. The monoisotopic (exact) mass is 566 g/mol. The van der Waals surface area contributed by atoms with Gasteiger partial charge in [-0.1, -0.05) is 148 Å². The molecule has 0 aliphatic heterocycles. The molecule has 0 amide bonds. The van der Waals surface area contributed by atoms with E-state index in [1.807, 2.05) is 0 Å². The highest BCUT2D eigenvalue weighted by Crippen LogP contribution is 2.14. The largest absolute Gasteiger partial charge is 0.462 e. The van der Waals surface area contributed by atoms with Crippen LogP contribution in [0.25, 0.3) is 0 Å². The topological polar surface area (TPSA) is 72.8 Å². The van der Waals surface area contributed by atoms with E-state index < -0.39 is 6.10 Å². The third-order valence-electron chi connectivity index (χ3n) is 7.56. The van der Waals surface area contributed by atoms with E-state index >= 15 is 0 Å². The van der Waals surface area contributed by atoms with Crippen LogP contribution in [0, 0.1) is 0 Å². The molecule has 0 aliphatic rings. The Morgan fingerprint density at radius 2 is 0.950 bits per heavy atom. The van der Waals surface area contributed by atoms with Crippen molar-refractivity contribution in [1.82, 2.24) is 0 Å². The van der Waals surface area contributed by atoms with Crippen molar-refractivity contribution in [3.05, 3.63) is 12.2 Å². The zero-order valence-corrected chi connectivity index (χ0v) is 26.6. The summed E-state index contributed by atoms with van der Waals surface area (Å²) in [6.07, 6.45) is 34.1. The number of unbranched alkanes of at least 4 members (excludes halogenated alkanes) is 21. The molecule has 40 heavy (non-hydrogen) atoms. The molecule has 0 rings (SSSR count). The van der Waals surface area contributed by atoms with Gasteiger partial charge in [0, 0.05) is 12.8 Å². The van der Waals surface area contributed by atoms with Crippen molar-refractivity contribution in [3.63, 3.8) is 0 Å². The summed E-state index contributed by atoms with van der Waals surface area (Å²) in [6, 6.07) is 0. The number of aliphatic hydroxyl groups is 1. The van der Waals surface area contributed by atoms with Gasteiger partial charge in [0.2, 0.25) is 0 Å². The fourth-order valence-corrected chi connectivity index (χ4v) is 4.89. The second-order valence-electron chi connectivity index (χ2n) is 11.6. The Morgan fingerprint density at radius 3 is 1.43 bits per heavy atom. The zero-order chi connectivity index (χ0) is 29.4. The van der Waals surface area contributed by atoms with Crippen LogP contribution in [-0.4, -0.2) is 36.4 Å². The Labute approximate surface area is 248 Å². The van der Waals surface area contributed by atoms with Crippen molar-refractivity contribution in [2.24, 2.45) is 0 Å². The molecule has 0 aliphatic carbocycles. The molecule has 0 saturated carbocycles. The van der Waals surface area contributed by atoms with E-state index in [-0.39, 0.29) is 25.2 Å². The number of rotatable bonds is 31. The van der Waals surface area contributed by atoms with Gasteiger partial charge in [-0.25, -0.2) is 0 Å². The first-order chi connectivity index (χ1) is 19.6. The van der Waals surface area contributed by atoms with Crippen LogP contribution >= 0.6 is 0 Å². The number of ether oxygens (including phenoxy) is 2. The molecule has 1 N–H and O–H groups in total. The molecule has 0 saturated heterocycles. The minimum Gasteiger partial charge on any atom is -0.462 e. The number of carbonyl (C=O) groups is 2. The third kappa shape index (κ3) is 29.6. The van der Waals surface area contributed by atoms with Gasteiger partial charge in [0.15, 0.2) is 6.10 Å². The van der Waals surface area contributed by atoms with Crippen LogP contribution in [0.15, 0.2) is 12.2 Å². The van der Waals surface area contributed by atoms with E-state index in [4.69, 9.17) is 9.47 Å². The van der Waals surface area contributed by atoms with Crippen LogP contribution in [0.5, 0.6) is 0 Å².